The maximum absolute atomic E-state index is 12.2. The van der Waals surface area contributed by atoms with Gasteiger partial charge in [0.05, 0.1) is 15.7 Å². The molecule has 0 radical (unpaired) electrons. The summed E-state index contributed by atoms with van der Waals surface area (Å²) in [5.41, 5.74) is 0.328. The molecule has 110 valence electrons. The summed E-state index contributed by atoms with van der Waals surface area (Å²) in [5.74, 6) is -0.921. The van der Waals surface area contributed by atoms with E-state index in [0.29, 0.717) is 22.2 Å². The molecule has 6 heteroatoms. The number of halogens is 2. The Hall–Kier alpha value is -1.26. The average Bonchev–Trinajstić information content (AvgIpc) is 2.38. The van der Waals surface area contributed by atoms with Crippen LogP contribution in [0.3, 0.4) is 0 Å². The second-order valence-corrected chi connectivity index (χ2v) is 5.14. The molecule has 0 saturated heterocycles. The number of amides is 1. The molecule has 1 rings (SSSR count). The monoisotopic (exact) mass is 317 g/mol. The Kier molecular flexibility index (Phi) is 6.82. The van der Waals surface area contributed by atoms with Crippen LogP contribution in [0.4, 0.5) is 5.69 Å². The van der Waals surface area contributed by atoms with Crippen LogP contribution in [0.1, 0.15) is 33.1 Å². The van der Waals surface area contributed by atoms with E-state index >= 15 is 0 Å². The first-order valence-corrected chi connectivity index (χ1v) is 7.13. The van der Waals surface area contributed by atoms with Gasteiger partial charge in [-0.05, 0) is 25.0 Å². The van der Waals surface area contributed by atoms with Crippen molar-refractivity contribution in [1.82, 2.24) is 0 Å². The van der Waals surface area contributed by atoms with Gasteiger partial charge in [-0.2, -0.15) is 0 Å². The van der Waals surface area contributed by atoms with Gasteiger partial charge < -0.3 is 10.1 Å². The highest BCUT2D eigenvalue weighted by Crippen LogP contribution is 2.30. The van der Waals surface area contributed by atoms with Crippen LogP contribution < -0.4 is 5.32 Å². The Morgan fingerprint density at radius 3 is 2.40 bits per heavy atom. The zero-order valence-corrected chi connectivity index (χ0v) is 12.9. The lowest BCUT2D eigenvalue weighted by Gasteiger charge is -2.17. The van der Waals surface area contributed by atoms with Crippen molar-refractivity contribution >= 4 is 40.8 Å². The molecule has 1 unspecified atom stereocenters. The van der Waals surface area contributed by atoms with E-state index in [1.54, 1.807) is 18.2 Å². The van der Waals surface area contributed by atoms with Crippen LogP contribution in [0.15, 0.2) is 18.2 Å². The van der Waals surface area contributed by atoms with Gasteiger partial charge in [0.2, 0.25) is 0 Å². The fourth-order valence-electron chi connectivity index (χ4n) is 1.65. The second kappa shape index (κ2) is 8.12. The topological polar surface area (TPSA) is 55.4 Å². The Morgan fingerprint density at radius 1 is 1.30 bits per heavy atom. The van der Waals surface area contributed by atoms with Gasteiger partial charge in [0.15, 0.2) is 6.10 Å². The lowest BCUT2D eigenvalue weighted by molar-refractivity contribution is -0.152. The number of benzene rings is 1. The van der Waals surface area contributed by atoms with E-state index in [4.69, 9.17) is 27.9 Å². The molecule has 1 aromatic rings. The van der Waals surface area contributed by atoms with Crippen molar-refractivity contribution in [3.05, 3.63) is 28.2 Å². The minimum Gasteiger partial charge on any atom is -0.452 e. The fraction of sp³-hybridized carbons (Fsp3) is 0.429. The number of esters is 1. The number of carbonyl (C=O) groups is 2. The van der Waals surface area contributed by atoms with Crippen LogP contribution in [0.25, 0.3) is 0 Å². The lowest BCUT2D eigenvalue weighted by atomic mass is 10.1. The van der Waals surface area contributed by atoms with Gasteiger partial charge in [-0.15, -0.1) is 0 Å². The quantitative estimate of drug-likeness (QED) is 0.805. The Bertz CT molecular complexity index is 471. The molecule has 0 heterocycles. The first-order chi connectivity index (χ1) is 9.45. The molecule has 1 amide bonds. The third-order valence-corrected chi connectivity index (χ3v) is 3.26. The molecule has 0 bridgehead atoms. The normalized spacial score (nSPS) is 11.8. The maximum atomic E-state index is 12.2. The highest BCUT2D eigenvalue weighted by molar-refractivity contribution is 6.39. The van der Waals surface area contributed by atoms with Crippen LogP contribution in [-0.2, 0) is 14.3 Å². The van der Waals surface area contributed by atoms with Gasteiger partial charge in [0, 0.05) is 6.92 Å². The van der Waals surface area contributed by atoms with E-state index in [0.717, 1.165) is 12.8 Å². The molecule has 0 aromatic heterocycles. The summed E-state index contributed by atoms with van der Waals surface area (Å²) in [4.78, 5) is 23.2. The molecule has 20 heavy (non-hydrogen) atoms. The summed E-state index contributed by atoms with van der Waals surface area (Å²) in [6.45, 7) is 3.27. The van der Waals surface area contributed by atoms with Crippen molar-refractivity contribution in [2.24, 2.45) is 0 Å². The largest absolute Gasteiger partial charge is 0.452 e. The molecule has 0 aliphatic carbocycles. The SMILES string of the molecule is CCCCC(OC(C)=O)C(=O)Nc1c(Cl)cccc1Cl. The number of hydrogen-bond donors (Lipinski definition) is 1. The number of rotatable bonds is 6. The zero-order chi connectivity index (χ0) is 15.1. The molecular weight excluding hydrogens is 301 g/mol. The predicted molar refractivity (Wildman–Crippen MR) is 80.2 cm³/mol. The van der Waals surface area contributed by atoms with Gasteiger partial charge in [-0.1, -0.05) is 42.6 Å². The smallest absolute Gasteiger partial charge is 0.303 e. The standard InChI is InChI=1S/C14H17Cl2NO3/c1-3-4-8-12(20-9(2)18)14(19)17-13-10(15)6-5-7-11(13)16/h5-7,12H,3-4,8H2,1-2H3,(H,17,19). The average molecular weight is 318 g/mol. The fourth-order valence-corrected chi connectivity index (χ4v) is 2.15. The van der Waals surface area contributed by atoms with Gasteiger partial charge in [0.25, 0.3) is 5.91 Å². The molecular formula is C14H17Cl2NO3. The van der Waals surface area contributed by atoms with Crippen molar-refractivity contribution in [3.8, 4) is 0 Å². The number of carbonyl (C=O) groups excluding carboxylic acids is 2. The maximum Gasteiger partial charge on any atom is 0.303 e. The molecule has 0 spiro atoms. The Labute approximate surface area is 128 Å². The number of para-hydroxylation sites is 1. The summed E-state index contributed by atoms with van der Waals surface area (Å²) < 4.78 is 5.03. The lowest BCUT2D eigenvalue weighted by Crippen LogP contribution is -2.32. The van der Waals surface area contributed by atoms with Crippen molar-refractivity contribution in [2.45, 2.75) is 39.2 Å². The van der Waals surface area contributed by atoms with Crippen LogP contribution in [0.2, 0.25) is 10.0 Å². The molecule has 0 aliphatic heterocycles. The zero-order valence-electron chi connectivity index (χ0n) is 11.4. The van der Waals surface area contributed by atoms with E-state index in [2.05, 4.69) is 5.32 Å². The number of nitrogens with one attached hydrogen (secondary N) is 1. The minimum absolute atomic E-state index is 0.328. The summed E-state index contributed by atoms with van der Waals surface area (Å²) >= 11 is 12.0. The first kappa shape index (κ1) is 16.8. The molecule has 4 nitrogen and oxygen atoms in total. The van der Waals surface area contributed by atoms with Crippen LogP contribution in [0, 0.1) is 0 Å². The van der Waals surface area contributed by atoms with E-state index in [-0.39, 0.29) is 0 Å². The third kappa shape index (κ3) is 5.02. The number of ether oxygens (including phenoxy) is 1. The van der Waals surface area contributed by atoms with Crippen molar-refractivity contribution < 1.29 is 14.3 Å². The van der Waals surface area contributed by atoms with Crippen molar-refractivity contribution in [1.29, 1.82) is 0 Å². The predicted octanol–water partition coefficient (Wildman–Crippen LogP) is 4.05. The molecule has 0 fully saturated rings. The molecule has 0 saturated carbocycles. The van der Waals surface area contributed by atoms with Crippen molar-refractivity contribution in [3.63, 3.8) is 0 Å². The van der Waals surface area contributed by atoms with Crippen LogP contribution in [-0.4, -0.2) is 18.0 Å². The second-order valence-electron chi connectivity index (χ2n) is 4.33. The summed E-state index contributed by atoms with van der Waals surface area (Å²) in [5, 5.41) is 3.28. The van der Waals surface area contributed by atoms with Gasteiger partial charge in [-0.3, -0.25) is 9.59 Å². The van der Waals surface area contributed by atoms with Crippen molar-refractivity contribution in [2.75, 3.05) is 5.32 Å². The summed E-state index contributed by atoms with van der Waals surface area (Å²) in [6.07, 6.45) is 1.31. The minimum atomic E-state index is -0.834. The van der Waals surface area contributed by atoms with E-state index in [1.165, 1.54) is 6.92 Å². The molecule has 1 aromatic carbocycles. The number of anilines is 1. The van der Waals surface area contributed by atoms with E-state index in [9.17, 15) is 9.59 Å². The van der Waals surface area contributed by atoms with Crippen LogP contribution in [0.5, 0.6) is 0 Å². The summed E-state index contributed by atoms with van der Waals surface area (Å²) in [7, 11) is 0. The Morgan fingerprint density at radius 2 is 1.90 bits per heavy atom. The number of unbranched alkanes of at least 4 members (excludes halogenated alkanes) is 1. The number of hydrogen-bond acceptors (Lipinski definition) is 3. The van der Waals surface area contributed by atoms with Gasteiger partial charge >= 0.3 is 5.97 Å². The van der Waals surface area contributed by atoms with Crippen LogP contribution >= 0.6 is 23.2 Å². The molecule has 1 atom stereocenters. The van der Waals surface area contributed by atoms with Gasteiger partial charge in [-0.25, -0.2) is 0 Å². The van der Waals surface area contributed by atoms with Gasteiger partial charge in [0.1, 0.15) is 0 Å². The first-order valence-electron chi connectivity index (χ1n) is 6.37. The molecule has 0 aliphatic rings. The highest BCUT2D eigenvalue weighted by Gasteiger charge is 2.22. The highest BCUT2D eigenvalue weighted by atomic mass is 35.5. The van der Waals surface area contributed by atoms with E-state index in [1.807, 2.05) is 6.92 Å². The van der Waals surface area contributed by atoms with E-state index < -0.39 is 18.0 Å². The molecule has 1 N–H and O–H groups in total. The summed E-state index contributed by atoms with van der Waals surface area (Å²) in [6, 6.07) is 4.92. The third-order valence-electron chi connectivity index (χ3n) is 2.63. The Balaban J connectivity index is 2.81.